The van der Waals surface area contributed by atoms with Crippen molar-refractivity contribution in [2.24, 2.45) is 0 Å². The van der Waals surface area contributed by atoms with Gasteiger partial charge in [-0.3, -0.25) is 9.69 Å². The lowest BCUT2D eigenvalue weighted by Crippen LogP contribution is -2.26. The second-order valence-corrected chi connectivity index (χ2v) is 10.2. The maximum Gasteiger partial charge on any atom is 0.233 e. The molecule has 2 aromatic carbocycles. The Labute approximate surface area is 192 Å². The molecule has 0 saturated heterocycles. The molecule has 7 heteroatoms. The second-order valence-electron chi connectivity index (χ2n) is 9.20. The Morgan fingerprint density at radius 2 is 1.78 bits per heavy atom. The first kappa shape index (κ1) is 22.1. The lowest BCUT2D eigenvalue weighted by atomic mass is 9.96. The van der Waals surface area contributed by atoms with Crippen LogP contribution in [0.3, 0.4) is 0 Å². The smallest absolute Gasteiger partial charge is 0.233 e. The fourth-order valence-corrected chi connectivity index (χ4v) is 4.32. The molecule has 0 aliphatic heterocycles. The highest BCUT2D eigenvalue weighted by atomic mass is 32.1. The van der Waals surface area contributed by atoms with Crippen LogP contribution in [0.2, 0.25) is 0 Å². The number of aryl methyl sites for hydroxylation is 1. The van der Waals surface area contributed by atoms with E-state index in [4.69, 9.17) is 9.51 Å². The number of amides is 1. The summed E-state index contributed by atoms with van der Waals surface area (Å²) in [5, 5.41) is 4.72. The molecule has 166 valence electrons. The highest BCUT2D eigenvalue weighted by Gasteiger charge is 2.24. The predicted octanol–water partition coefficient (Wildman–Crippen LogP) is 6.40. The molecule has 0 radical (unpaired) electrons. The summed E-state index contributed by atoms with van der Waals surface area (Å²) in [5.74, 6) is 1.48. The molecule has 0 spiro atoms. The van der Waals surface area contributed by atoms with Crippen LogP contribution in [-0.2, 0) is 16.6 Å². The van der Waals surface area contributed by atoms with E-state index in [0.717, 1.165) is 15.9 Å². The summed E-state index contributed by atoms with van der Waals surface area (Å²) in [6.45, 7) is 10.4. The van der Waals surface area contributed by atoms with E-state index in [-0.39, 0.29) is 17.7 Å². The van der Waals surface area contributed by atoms with E-state index in [1.807, 2.05) is 57.2 Å². The Morgan fingerprint density at radius 1 is 1.06 bits per heavy atom. The van der Waals surface area contributed by atoms with Gasteiger partial charge in [0.15, 0.2) is 11.0 Å². The van der Waals surface area contributed by atoms with Crippen LogP contribution >= 0.6 is 11.3 Å². The Kier molecular flexibility index (Phi) is 6.11. The molecular formula is C25H28N4O2S. The summed E-state index contributed by atoms with van der Waals surface area (Å²) >= 11 is 1.51. The SMILES string of the molecule is CC(C)c1ccc(N(C(=O)CCc2nc(C(C)(C)C)no2)c2nc3ccccc3s2)cc1. The van der Waals surface area contributed by atoms with Crippen molar-refractivity contribution in [1.82, 2.24) is 15.1 Å². The van der Waals surface area contributed by atoms with Gasteiger partial charge in [0.1, 0.15) is 0 Å². The number of fused-ring (bicyclic) bond motifs is 1. The summed E-state index contributed by atoms with van der Waals surface area (Å²) in [5.41, 5.74) is 2.72. The van der Waals surface area contributed by atoms with Gasteiger partial charge in [-0.15, -0.1) is 0 Å². The number of anilines is 2. The molecule has 0 bridgehead atoms. The van der Waals surface area contributed by atoms with Gasteiger partial charge in [-0.05, 0) is 35.7 Å². The molecule has 0 saturated carbocycles. The highest BCUT2D eigenvalue weighted by Crippen LogP contribution is 2.34. The first-order chi connectivity index (χ1) is 15.2. The molecule has 0 aliphatic rings. The summed E-state index contributed by atoms with van der Waals surface area (Å²) in [7, 11) is 0. The van der Waals surface area contributed by atoms with Gasteiger partial charge in [0.25, 0.3) is 0 Å². The molecule has 4 aromatic rings. The largest absolute Gasteiger partial charge is 0.339 e. The van der Waals surface area contributed by atoms with Crippen LogP contribution in [-0.4, -0.2) is 21.0 Å². The minimum absolute atomic E-state index is 0.0585. The highest BCUT2D eigenvalue weighted by molar-refractivity contribution is 7.22. The van der Waals surface area contributed by atoms with Gasteiger partial charge in [0.2, 0.25) is 11.8 Å². The van der Waals surface area contributed by atoms with E-state index in [9.17, 15) is 4.79 Å². The monoisotopic (exact) mass is 448 g/mol. The van der Waals surface area contributed by atoms with Crippen molar-refractivity contribution in [1.29, 1.82) is 0 Å². The maximum atomic E-state index is 13.4. The van der Waals surface area contributed by atoms with Crippen LogP contribution in [0, 0.1) is 0 Å². The quantitative estimate of drug-likeness (QED) is 0.341. The molecule has 32 heavy (non-hydrogen) atoms. The van der Waals surface area contributed by atoms with Gasteiger partial charge < -0.3 is 4.52 Å². The fourth-order valence-electron chi connectivity index (χ4n) is 3.31. The van der Waals surface area contributed by atoms with Crippen molar-refractivity contribution >= 4 is 38.3 Å². The zero-order valence-corrected chi connectivity index (χ0v) is 19.9. The number of carbonyl (C=O) groups is 1. The van der Waals surface area contributed by atoms with Gasteiger partial charge in [-0.2, -0.15) is 4.98 Å². The molecule has 6 nitrogen and oxygen atoms in total. The Bertz CT molecular complexity index is 1190. The molecule has 0 unspecified atom stereocenters. The maximum absolute atomic E-state index is 13.4. The van der Waals surface area contributed by atoms with E-state index in [1.165, 1.54) is 16.9 Å². The standard InChI is InChI=1S/C25H28N4O2S/c1-16(2)17-10-12-18(13-11-17)29(24-26-19-8-6-7-9-20(19)32-24)22(30)15-14-21-27-23(28-31-21)25(3,4)5/h6-13,16H,14-15H2,1-5H3. The third kappa shape index (κ3) is 4.72. The Hall–Kier alpha value is -3.06. The van der Waals surface area contributed by atoms with Crippen molar-refractivity contribution in [3.63, 3.8) is 0 Å². The molecule has 0 fully saturated rings. The van der Waals surface area contributed by atoms with Gasteiger partial charge in [-0.1, -0.05) is 75.4 Å². The van der Waals surface area contributed by atoms with Crippen LogP contribution in [0.25, 0.3) is 10.2 Å². The average molecular weight is 449 g/mol. The summed E-state index contributed by atoms with van der Waals surface area (Å²) in [4.78, 5) is 24.3. The molecule has 4 rings (SSSR count). The third-order valence-electron chi connectivity index (χ3n) is 5.23. The topological polar surface area (TPSA) is 72.1 Å². The summed E-state index contributed by atoms with van der Waals surface area (Å²) in [6, 6.07) is 16.0. The molecule has 1 amide bonds. The van der Waals surface area contributed by atoms with E-state index >= 15 is 0 Å². The van der Waals surface area contributed by atoms with Crippen molar-refractivity contribution in [2.75, 3.05) is 4.90 Å². The zero-order chi connectivity index (χ0) is 22.9. The number of thiazole rings is 1. The van der Waals surface area contributed by atoms with Crippen LogP contribution in [0.4, 0.5) is 10.8 Å². The van der Waals surface area contributed by atoms with E-state index in [0.29, 0.717) is 29.2 Å². The normalized spacial score (nSPS) is 11.9. The average Bonchev–Trinajstić information content (AvgIpc) is 3.39. The van der Waals surface area contributed by atoms with Crippen molar-refractivity contribution in [2.45, 2.75) is 58.8 Å². The number of benzene rings is 2. The van der Waals surface area contributed by atoms with Crippen molar-refractivity contribution < 1.29 is 9.32 Å². The number of aromatic nitrogens is 3. The Morgan fingerprint density at radius 3 is 2.41 bits per heavy atom. The third-order valence-corrected chi connectivity index (χ3v) is 6.25. The number of hydrogen-bond acceptors (Lipinski definition) is 6. The van der Waals surface area contributed by atoms with Crippen LogP contribution in [0.15, 0.2) is 53.1 Å². The van der Waals surface area contributed by atoms with Crippen LogP contribution < -0.4 is 4.90 Å². The first-order valence-corrected chi connectivity index (χ1v) is 11.7. The minimum atomic E-state index is -0.197. The zero-order valence-electron chi connectivity index (χ0n) is 19.1. The van der Waals surface area contributed by atoms with E-state index in [2.05, 4.69) is 36.1 Å². The second kappa shape index (κ2) is 8.82. The van der Waals surface area contributed by atoms with Gasteiger partial charge >= 0.3 is 0 Å². The van der Waals surface area contributed by atoms with Gasteiger partial charge in [0, 0.05) is 18.3 Å². The number of para-hydroxylation sites is 1. The lowest BCUT2D eigenvalue weighted by molar-refractivity contribution is -0.117. The molecule has 2 heterocycles. The van der Waals surface area contributed by atoms with Crippen LogP contribution in [0.1, 0.15) is 64.2 Å². The number of hydrogen-bond donors (Lipinski definition) is 0. The van der Waals surface area contributed by atoms with E-state index < -0.39 is 0 Å². The fraction of sp³-hybridized carbons (Fsp3) is 0.360. The van der Waals surface area contributed by atoms with Crippen molar-refractivity contribution in [3.05, 3.63) is 65.8 Å². The molecule has 0 N–H and O–H groups in total. The Balaban J connectivity index is 1.62. The number of rotatable bonds is 6. The van der Waals surface area contributed by atoms with E-state index in [1.54, 1.807) is 4.90 Å². The van der Waals surface area contributed by atoms with Crippen LogP contribution in [0.5, 0.6) is 0 Å². The molecule has 0 aliphatic carbocycles. The summed E-state index contributed by atoms with van der Waals surface area (Å²) in [6.07, 6.45) is 0.626. The molecule has 0 atom stereocenters. The number of carbonyl (C=O) groups excluding carboxylic acids is 1. The molecule has 2 aromatic heterocycles. The lowest BCUT2D eigenvalue weighted by Gasteiger charge is -2.20. The summed E-state index contributed by atoms with van der Waals surface area (Å²) < 4.78 is 6.43. The number of nitrogens with zero attached hydrogens (tertiary/aromatic N) is 4. The predicted molar refractivity (Wildman–Crippen MR) is 129 cm³/mol. The first-order valence-electron chi connectivity index (χ1n) is 10.8. The van der Waals surface area contributed by atoms with Crippen molar-refractivity contribution in [3.8, 4) is 0 Å². The minimum Gasteiger partial charge on any atom is -0.339 e. The molecular weight excluding hydrogens is 420 g/mol. The van der Waals surface area contributed by atoms with Gasteiger partial charge in [-0.25, -0.2) is 4.98 Å². The van der Waals surface area contributed by atoms with Gasteiger partial charge in [0.05, 0.1) is 15.9 Å².